The molecular weight excluding hydrogens is 489 g/mol. The molecule has 1 amide bonds. The van der Waals surface area contributed by atoms with Gasteiger partial charge in [0.15, 0.2) is 5.96 Å². The van der Waals surface area contributed by atoms with Crippen LogP contribution < -0.4 is 16.4 Å². The average Bonchev–Trinajstić information content (AvgIpc) is 2.72. The molecule has 164 valence electrons. The third kappa shape index (κ3) is 9.13. The zero-order valence-corrected chi connectivity index (χ0v) is 20.4. The van der Waals surface area contributed by atoms with Crippen LogP contribution in [0.25, 0.3) is 0 Å². The van der Waals surface area contributed by atoms with Gasteiger partial charge in [-0.2, -0.15) is 0 Å². The van der Waals surface area contributed by atoms with Crippen molar-refractivity contribution in [3.63, 3.8) is 0 Å². The second-order valence-corrected chi connectivity index (χ2v) is 7.22. The molecule has 0 aromatic heterocycles. The number of hydrogen-bond donors (Lipinski definition) is 3. The van der Waals surface area contributed by atoms with Crippen LogP contribution in [0.1, 0.15) is 41.8 Å². The van der Waals surface area contributed by atoms with E-state index >= 15 is 0 Å². The van der Waals surface area contributed by atoms with Crippen molar-refractivity contribution >= 4 is 35.8 Å². The Kier molecular flexibility index (Phi) is 12.1. The summed E-state index contributed by atoms with van der Waals surface area (Å²) in [6, 6.07) is 18.2. The van der Waals surface area contributed by atoms with Crippen LogP contribution in [0.3, 0.4) is 0 Å². The fourth-order valence-electron chi connectivity index (χ4n) is 2.93. The Morgan fingerprint density at radius 1 is 1.07 bits per heavy atom. The molecule has 0 heterocycles. The molecule has 0 aliphatic carbocycles. The van der Waals surface area contributed by atoms with Crippen LogP contribution in [-0.2, 0) is 13.1 Å². The fourth-order valence-corrected chi connectivity index (χ4v) is 2.93. The lowest BCUT2D eigenvalue weighted by Gasteiger charge is -2.25. The lowest BCUT2D eigenvalue weighted by Crippen LogP contribution is -2.40. The van der Waals surface area contributed by atoms with Crippen LogP contribution in [0.5, 0.6) is 0 Å². The lowest BCUT2D eigenvalue weighted by atomic mass is 10.1. The van der Waals surface area contributed by atoms with Gasteiger partial charge in [0.25, 0.3) is 0 Å². The molecule has 2 aromatic carbocycles. The van der Waals surface area contributed by atoms with E-state index in [4.69, 9.17) is 5.73 Å². The SMILES string of the molecule is CCNC(=NCc1ccc(C(N)=O)cc1)NCCC(C)N(C)Cc1ccccc1.I. The summed E-state index contributed by atoms with van der Waals surface area (Å²) in [5, 5.41) is 6.68. The number of rotatable bonds is 10. The molecule has 2 rings (SSSR count). The number of guanidine groups is 1. The maximum absolute atomic E-state index is 11.2. The number of nitrogens with one attached hydrogen (secondary N) is 2. The highest BCUT2D eigenvalue weighted by Gasteiger charge is 2.10. The Morgan fingerprint density at radius 3 is 2.33 bits per heavy atom. The third-order valence-corrected chi connectivity index (χ3v) is 4.88. The normalized spacial score (nSPS) is 12.2. The van der Waals surface area contributed by atoms with Crippen LogP contribution in [0.15, 0.2) is 59.6 Å². The molecule has 1 unspecified atom stereocenters. The van der Waals surface area contributed by atoms with E-state index in [1.165, 1.54) is 5.56 Å². The molecule has 2 aromatic rings. The van der Waals surface area contributed by atoms with Crippen LogP contribution >= 0.6 is 24.0 Å². The largest absolute Gasteiger partial charge is 0.366 e. The number of benzene rings is 2. The van der Waals surface area contributed by atoms with Gasteiger partial charge in [-0.1, -0.05) is 42.5 Å². The van der Waals surface area contributed by atoms with Gasteiger partial charge in [-0.05, 0) is 50.6 Å². The third-order valence-electron chi connectivity index (χ3n) is 4.88. The van der Waals surface area contributed by atoms with Crippen molar-refractivity contribution in [2.24, 2.45) is 10.7 Å². The predicted octanol–water partition coefficient (Wildman–Crippen LogP) is 3.37. The monoisotopic (exact) mass is 523 g/mol. The quantitative estimate of drug-likeness (QED) is 0.254. The summed E-state index contributed by atoms with van der Waals surface area (Å²) in [5.41, 5.74) is 8.15. The van der Waals surface area contributed by atoms with E-state index in [0.717, 1.165) is 37.6 Å². The zero-order valence-electron chi connectivity index (χ0n) is 18.1. The molecule has 0 aliphatic rings. The molecule has 0 fully saturated rings. The summed E-state index contributed by atoms with van der Waals surface area (Å²) < 4.78 is 0. The predicted molar refractivity (Wildman–Crippen MR) is 135 cm³/mol. The summed E-state index contributed by atoms with van der Waals surface area (Å²) in [6.45, 7) is 7.42. The first kappa shape index (κ1) is 25.9. The molecule has 0 aliphatic heterocycles. The topological polar surface area (TPSA) is 82.7 Å². The van der Waals surface area contributed by atoms with Crippen LogP contribution in [-0.4, -0.2) is 42.9 Å². The Balaban J connectivity index is 0.00000450. The van der Waals surface area contributed by atoms with Gasteiger partial charge < -0.3 is 16.4 Å². The highest BCUT2D eigenvalue weighted by Crippen LogP contribution is 2.08. The van der Waals surface area contributed by atoms with Gasteiger partial charge in [-0.3, -0.25) is 9.69 Å². The van der Waals surface area contributed by atoms with Crippen molar-refractivity contribution in [1.29, 1.82) is 0 Å². The van der Waals surface area contributed by atoms with Gasteiger partial charge in [0.2, 0.25) is 5.91 Å². The Labute approximate surface area is 197 Å². The van der Waals surface area contributed by atoms with E-state index < -0.39 is 5.91 Å². The molecule has 7 heteroatoms. The average molecular weight is 523 g/mol. The molecule has 4 N–H and O–H groups in total. The Morgan fingerprint density at radius 2 is 1.73 bits per heavy atom. The first-order chi connectivity index (χ1) is 14.0. The second-order valence-electron chi connectivity index (χ2n) is 7.22. The number of nitrogens with zero attached hydrogens (tertiary/aromatic N) is 2. The van der Waals surface area contributed by atoms with Gasteiger partial charge in [0.1, 0.15) is 0 Å². The van der Waals surface area contributed by atoms with E-state index in [1.54, 1.807) is 12.1 Å². The molecule has 1 atom stereocenters. The van der Waals surface area contributed by atoms with E-state index in [1.807, 2.05) is 18.2 Å². The summed E-state index contributed by atoms with van der Waals surface area (Å²) in [7, 11) is 2.16. The standard InChI is InChI=1S/C23H33N5O.HI/c1-4-25-23(27-16-19-10-12-21(13-11-19)22(24)29)26-15-14-18(2)28(3)17-20-8-6-5-7-9-20;/h5-13,18H,4,14-17H2,1-3H3,(H2,24,29)(H2,25,26,27);1H. The summed E-state index contributed by atoms with van der Waals surface area (Å²) in [4.78, 5) is 18.2. The minimum Gasteiger partial charge on any atom is -0.366 e. The maximum Gasteiger partial charge on any atom is 0.248 e. The highest BCUT2D eigenvalue weighted by molar-refractivity contribution is 14.0. The molecule has 30 heavy (non-hydrogen) atoms. The zero-order chi connectivity index (χ0) is 21.1. The van der Waals surface area contributed by atoms with Crippen LogP contribution in [0.4, 0.5) is 0 Å². The van der Waals surface area contributed by atoms with Crippen molar-refractivity contribution in [1.82, 2.24) is 15.5 Å². The smallest absolute Gasteiger partial charge is 0.248 e. The number of amides is 1. The maximum atomic E-state index is 11.2. The number of primary amides is 1. The second kappa shape index (κ2) is 14.0. The number of carbonyl (C=O) groups excluding carboxylic acids is 1. The molecular formula is C23H34IN5O. The molecule has 0 bridgehead atoms. The summed E-state index contributed by atoms with van der Waals surface area (Å²) in [5.74, 6) is 0.380. The van der Waals surface area contributed by atoms with E-state index in [9.17, 15) is 4.79 Å². The van der Waals surface area contributed by atoms with Gasteiger partial charge in [0, 0.05) is 31.2 Å². The Hall–Kier alpha value is -2.13. The number of aliphatic imine (C=N–C) groups is 1. The fraction of sp³-hybridized carbons (Fsp3) is 0.391. The highest BCUT2D eigenvalue weighted by atomic mass is 127. The Bertz CT molecular complexity index is 780. The number of carbonyl (C=O) groups is 1. The molecule has 0 radical (unpaired) electrons. The molecule has 6 nitrogen and oxygen atoms in total. The van der Waals surface area contributed by atoms with E-state index in [0.29, 0.717) is 18.2 Å². The first-order valence-corrected chi connectivity index (χ1v) is 10.1. The molecule has 0 saturated heterocycles. The lowest BCUT2D eigenvalue weighted by molar-refractivity contribution is 0.100. The first-order valence-electron chi connectivity index (χ1n) is 10.1. The summed E-state index contributed by atoms with van der Waals surface area (Å²) in [6.07, 6.45) is 1.01. The minimum atomic E-state index is -0.415. The van der Waals surface area contributed by atoms with Gasteiger partial charge in [-0.25, -0.2) is 4.99 Å². The van der Waals surface area contributed by atoms with Crippen LogP contribution in [0.2, 0.25) is 0 Å². The van der Waals surface area contributed by atoms with Crippen molar-refractivity contribution in [2.45, 2.75) is 39.4 Å². The minimum absolute atomic E-state index is 0. The number of halogens is 1. The van der Waals surface area contributed by atoms with E-state index in [-0.39, 0.29) is 24.0 Å². The molecule has 0 saturated carbocycles. The van der Waals surface area contributed by atoms with Crippen LogP contribution in [0, 0.1) is 0 Å². The number of nitrogens with two attached hydrogens (primary N) is 1. The van der Waals surface area contributed by atoms with Crippen molar-refractivity contribution in [3.05, 3.63) is 71.3 Å². The van der Waals surface area contributed by atoms with Gasteiger partial charge in [-0.15, -0.1) is 24.0 Å². The van der Waals surface area contributed by atoms with Gasteiger partial charge in [0.05, 0.1) is 6.54 Å². The van der Waals surface area contributed by atoms with Gasteiger partial charge >= 0.3 is 0 Å². The van der Waals surface area contributed by atoms with Crippen molar-refractivity contribution in [3.8, 4) is 0 Å². The molecule has 0 spiro atoms. The van der Waals surface area contributed by atoms with Crippen molar-refractivity contribution in [2.75, 3.05) is 20.1 Å². The summed E-state index contributed by atoms with van der Waals surface area (Å²) >= 11 is 0. The van der Waals surface area contributed by atoms with E-state index in [2.05, 4.69) is 65.7 Å². The van der Waals surface area contributed by atoms with Crippen molar-refractivity contribution < 1.29 is 4.79 Å². The number of hydrogen-bond acceptors (Lipinski definition) is 3.